The van der Waals surface area contributed by atoms with Crippen LogP contribution < -0.4 is 10.2 Å². The molecule has 3 heterocycles. The molecular weight excluding hydrogens is 370 g/mol. The second-order valence-electron chi connectivity index (χ2n) is 6.30. The zero-order valence-corrected chi connectivity index (χ0v) is 15.7. The number of piperazine rings is 1. The lowest BCUT2D eigenvalue weighted by Gasteiger charge is -2.37. The van der Waals surface area contributed by atoms with Gasteiger partial charge in [-0.3, -0.25) is 9.39 Å². The van der Waals surface area contributed by atoms with Gasteiger partial charge in [0, 0.05) is 57.1 Å². The van der Waals surface area contributed by atoms with Crippen molar-refractivity contribution >= 4 is 27.9 Å². The van der Waals surface area contributed by atoms with Crippen LogP contribution in [0.1, 0.15) is 5.69 Å². The minimum Gasteiger partial charge on any atom is -0.366 e. The molecule has 0 aliphatic carbocycles. The molecule has 2 aromatic heterocycles. The summed E-state index contributed by atoms with van der Waals surface area (Å²) in [5.74, 6) is -0.0379. The molecule has 3 aromatic rings. The number of nitrogens with zero attached hydrogens (tertiary/aromatic N) is 5. The summed E-state index contributed by atoms with van der Waals surface area (Å²) in [5, 5.41) is 5.33. The van der Waals surface area contributed by atoms with Crippen LogP contribution in [0.4, 0.5) is 14.5 Å². The minimum atomic E-state index is -0.425. The van der Waals surface area contributed by atoms with E-state index >= 15 is 0 Å². The van der Waals surface area contributed by atoms with Gasteiger partial charge in [0.25, 0.3) is 0 Å². The summed E-state index contributed by atoms with van der Waals surface area (Å²) in [7, 11) is 1.74. The highest BCUT2D eigenvalue weighted by molar-refractivity contribution is 7.15. The summed E-state index contributed by atoms with van der Waals surface area (Å²) in [6, 6.07) is 3.57. The predicted octanol–water partition coefficient (Wildman–Crippen LogP) is 2.57. The second-order valence-corrected chi connectivity index (χ2v) is 7.17. The fourth-order valence-corrected chi connectivity index (χ4v) is 3.97. The Hall–Kier alpha value is -2.68. The lowest BCUT2D eigenvalue weighted by atomic mass is 10.2. The van der Waals surface area contributed by atoms with E-state index in [1.165, 1.54) is 12.1 Å². The van der Waals surface area contributed by atoms with Crippen LogP contribution in [0.2, 0.25) is 0 Å². The molecule has 27 heavy (non-hydrogen) atoms. The van der Waals surface area contributed by atoms with Crippen molar-refractivity contribution in [3.05, 3.63) is 53.3 Å². The number of imidazole rings is 1. The van der Waals surface area contributed by atoms with Crippen LogP contribution in [0.3, 0.4) is 0 Å². The van der Waals surface area contributed by atoms with Crippen LogP contribution in [0, 0.1) is 11.6 Å². The Morgan fingerprint density at radius 1 is 1.26 bits per heavy atom. The minimum absolute atomic E-state index is 0.315. The lowest BCUT2D eigenvalue weighted by molar-refractivity contribution is 0.370. The van der Waals surface area contributed by atoms with Crippen molar-refractivity contribution in [3.63, 3.8) is 0 Å². The third kappa shape index (κ3) is 3.73. The number of aliphatic imine (C=N–C) groups is 1. The molecule has 1 aliphatic heterocycles. The molecule has 9 heteroatoms. The van der Waals surface area contributed by atoms with Gasteiger partial charge in [0.05, 0.1) is 17.9 Å². The molecule has 1 N–H and O–H groups in total. The fraction of sp³-hybridized carbons (Fsp3) is 0.333. The van der Waals surface area contributed by atoms with Crippen LogP contribution >= 0.6 is 11.3 Å². The molecule has 4 rings (SSSR count). The standard InChI is InChI=1S/C18H20F2N6S/c1-21-17(22-11-14-12-26-8-9-27-18(26)23-14)25-6-4-24(5-7-25)16-10-13(19)2-3-15(16)20/h2-3,8-10,12H,4-7,11H2,1H3,(H,21,22). The van der Waals surface area contributed by atoms with Gasteiger partial charge in [0.2, 0.25) is 0 Å². The normalized spacial score (nSPS) is 15.6. The van der Waals surface area contributed by atoms with Crippen molar-refractivity contribution in [3.8, 4) is 0 Å². The third-order valence-electron chi connectivity index (χ3n) is 4.61. The van der Waals surface area contributed by atoms with Crippen molar-refractivity contribution < 1.29 is 8.78 Å². The number of halogens is 2. The fourth-order valence-electron chi connectivity index (χ4n) is 3.25. The van der Waals surface area contributed by atoms with E-state index in [9.17, 15) is 8.78 Å². The predicted molar refractivity (Wildman–Crippen MR) is 103 cm³/mol. The van der Waals surface area contributed by atoms with Crippen molar-refractivity contribution in [2.24, 2.45) is 4.99 Å². The average molecular weight is 390 g/mol. The number of guanidine groups is 1. The van der Waals surface area contributed by atoms with Gasteiger partial charge < -0.3 is 15.1 Å². The van der Waals surface area contributed by atoms with Gasteiger partial charge in [0.1, 0.15) is 11.6 Å². The Labute approximate surface area is 159 Å². The van der Waals surface area contributed by atoms with Gasteiger partial charge in [-0.05, 0) is 12.1 Å². The number of benzene rings is 1. The topological polar surface area (TPSA) is 48.2 Å². The molecule has 0 amide bonds. The van der Waals surface area contributed by atoms with Crippen molar-refractivity contribution in [2.75, 3.05) is 38.1 Å². The van der Waals surface area contributed by atoms with Gasteiger partial charge in [-0.15, -0.1) is 11.3 Å². The number of hydrogen-bond donors (Lipinski definition) is 1. The SMILES string of the molecule is CN=C(NCc1cn2ccsc2n1)N1CCN(c2cc(F)ccc2F)CC1. The number of anilines is 1. The zero-order chi connectivity index (χ0) is 18.8. The average Bonchev–Trinajstić information content (AvgIpc) is 3.26. The van der Waals surface area contributed by atoms with E-state index in [1.54, 1.807) is 18.4 Å². The Kier molecular flexibility index (Phi) is 4.93. The molecule has 6 nitrogen and oxygen atoms in total. The Balaban J connectivity index is 1.36. The van der Waals surface area contributed by atoms with E-state index in [0.717, 1.165) is 22.7 Å². The summed E-state index contributed by atoms with van der Waals surface area (Å²) in [6.45, 7) is 3.13. The van der Waals surface area contributed by atoms with Gasteiger partial charge in [-0.2, -0.15) is 0 Å². The molecule has 1 saturated heterocycles. The molecule has 0 bridgehead atoms. The number of nitrogens with one attached hydrogen (secondary N) is 1. The first-order chi connectivity index (χ1) is 13.1. The molecule has 1 aromatic carbocycles. The van der Waals surface area contributed by atoms with Crippen molar-refractivity contribution in [2.45, 2.75) is 6.54 Å². The van der Waals surface area contributed by atoms with Crippen LogP contribution in [-0.4, -0.2) is 53.5 Å². The molecule has 1 aliphatic rings. The van der Waals surface area contributed by atoms with Crippen LogP contribution in [0.15, 0.2) is 41.0 Å². The maximum atomic E-state index is 14.0. The Bertz CT molecular complexity index is 929. The van der Waals surface area contributed by atoms with E-state index in [2.05, 4.69) is 20.2 Å². The quantitative estimate of drug-likeness (QED) is 0.552. The highest BCUT2D eigenvalue weighted by atomic mass is 32.1. The molecule has 0 saturated carbocycles. The van der Waals surface area contributed by atoms with Gasteiger partial charge in [-0.1, -0.05) is 0 Å². The summed E-state index contributed by atoms with van der Waals surface area (Å²) < 4.78 is 29.4. The number of thiazole rings is 1. The second kappa shape index (κ2) is 7.51. The van der Waals surface area contributed by atoms with Crippen LogP contribution in [0.5, 0.6) is 0 Å². The van der Waals surface area contributed by atoms with Crippen molar-refractivity contribution in [1.29, 1.82) is 0 Å². The smallest absolute Gasteiger partial charge is 0.194 e. The highest BCUT2D eigenvalue weighted by Gasteiger charge is 2.22. The zero-order valence-electron chi connectivity index (χ0n) is 14.9. The monoisotopic (exact) mass is 390 g/mol. The summed E-state index contributed by atoms with van der Waals surface area (Å²) in [6.07, 6.45) is 3.98. The number of rotatable bonds is 3. The molecule has 0 atom stereocenters. The third-order valence-corrected chi connectivity index (χ3v) is 5.38. The van der Waals surface area contributed by atoms with E-state index in [4.69, 9.17) is 0 Å². The van der Waals surface area contributed by atoms with Gasteiger partial charge >= 0.3 is 0 Å². The first-order valence-electron chi connectivity index (χ1n) is 8.71. The Morgan fingerprint density at radius 3 is 2.81 bits per heavy atom. The van der Waals surface area contributed by atoms with Crippen LogP contribution in [-0.2, 0) is 6.54 Å². The maximum absolute atomic E-state index is 14.0. The van der Waals surface area contributed by atoms with Gasteiger partial charge in [-0.25, -0.2) is 13.8 Å². The molecular formula is C18H20F2N6S. The molecule has 1 fully saturated rings. The summed E-state index contributed by atoms with van der Waals surface area (Å²) in [5.41, 5.74) is 1.26. The highest BCUT2D eigenvalue weighted by Crippen LogP contribution is 2.22. The van der Waals surface area contributed by atoms with Crippen molar-refractivity contribution in [1.82, 2.24) is 19.6 Å². The maximum Gasteiger partial charge on any atom is 0.194 e. The van der Waals surface area contributed by atoms with E-state index in [0.29, 0.717) is 38.4 Å². The molecule has 142 valence electrons. The molecule has 0 unspecified atom stereocenters. The summed E-state index contributed by atoms with van der Waals surface area (Å²) >= 11 is 1.60. The first kappa shape index (κ1) is 17.7. The number of fused-ring (bicyclic) bond motifs is 1. The first-order valence-corrected chi connectivity index (χ1v) is 9.58. The Morgan fingerprint density at radius 2 is 2.07 bits per heavy atom. The largest absolute Gasteiger partial charge is 0.366 e. The number of hydrogen-bond acceptors (Lipinski definition) is 4. The lowest BCUT2D eigenvalue weighted by Crippen LogP contribution is -2.52. The van der Waals surface area contributed by atoms with E-state index < -0.39 is 11.6 Å². The van der Waals surface area contributed by atoms with E-state index in [-0.39, 0.29) is 0 Å². The van der Waals surface area contributed by atoms with Crippen LogP contribution in [0.25, 0.3) is 4.96 Å². The van der Waals surface area contributed by atoms with Gasteiger partial charge in [0.15, 0.2) is 10.9 Å². The molecule has 0 radical (unpaired) electrons. The number of aromatic nitrogens is 2. The van der Waals surface area contributed by atoms with E-state index in [1.807, 2.05) is 27.1 Å². The molecule has 0 spiro atoms. The summed E-state index contributed by atoms with van der Waals surface area (Å²) in [4.78, 5) is 13.8.